The fourth-order valence-electron chi connectivity index (χ4n) is 3.86. The van der Waals surface area contributed by atoms with Crippen LogP contribution in [-0.4, -0.2) is 0 Å². The third kappa shape index (κ3) is 2.16. The van der Waals surface area contributed by atoms with Gasteiger partial charge in [0.2, 0.25) is 0 Å². The molecule has 1 aromatic carbocycles. The van der Waals surface area contributed by atoms with Crippen LogP contribution in [0.25, 0.3) is 0 Å². The molecule has 0 saturated heterocycles. The van der Waals surface area contributed by atoms with Crippen molar-refractivity contribution in [3.63, 3.8) is 0 Å². The van der Waals surface area contributed by atoms with Crippen molar-refractivity contribution >= 4 is 0 Å². The van der Waals surface area contributed by atoms with Gasteiger partial charge in [0.25, 0.3) is 0 Å². The lowest BCUT2D eigenvalue weighted by molar-refractivity contribution is 0.439. The van der Waals surface area contributed by atoms with Gasteiger partial charge in [-0.25, -0.2) is 0 Å². The molecule has 0 radical (unpaired) electrons. The van der Waals surface area contributed by atoms with Crippen LogP contribution in [0.2, 0.25) is 0 Å². The van der Waals surface area contributed by atoms with Crippen molar-refractivity contribution in [3.8, 4) is 0 Å². The lowest BCUT2D eigenvalue weighted by Crippen LogP contribution is -2.10. The molecule has 3 rings (SSSR count). The fourth-order valence-corrected chi connectivity index (χ4v) is 3.86. The van der Waals surface area contributed by atoms with Crippen LogP contribution in [0.1, 0.15) is 52.5 Å². The molecular formula is C20H26. The zero-order chi connectivity index (χ0) is 14.5. The topological polar surface area (TPSA) is 0 Å². The second-order valence-electron chi connectivity index (χ2n) is 8.10. The standard InChI is InChI=1S/C20H26/c1-19(2,3)15-11-16-17(14-9-7-6-8-10-14)13-20(4,5)18(16)12-15/h6-12,16-17H,13H2,1-5H3. The van der Waals surface area contributed by atoms with Crippen LogP contribution in [0.15, 0.2) is 53.6 Å². The number of benzene rings is 1. The second kappa shape index (κ2) is 4.35. The van der Waals surface area contributed by atoms with Crippen LogP contribution in [0.4, 0.5) is 0 Å². The van der Waals surface area contributed by atoms with Crippen molar-refractivity contribution in [3.05, 3.63) is 59.2 Å². The summed E-state index contributed by atoms with van der Waals surface area (Å²) < 4.78 is 0. The molecule has 1 aromatic rings. The Kier molecular flexibility index (Phi) is 2.97. The van der Waals surface area contributed by atoms with E-state index in [1.54, 1.807) is 5.57 Å². The van der Waals surface area contributed by atoms with E-state index in [-0.39, 0.29) is 5.41 Å². The summed E-state index contributed by atoms with van der Waals surface area (Å²) in [5.41, 5.74) is 5.26. The Morgan fingerprint density at radius 2 is 1.70 bits per heavy atom. The maximum atomic E-state index is 2.54. The van der Waals surface area contributed by atoms with E-state index >= 15 is 0 Å². The molecule has 2 atom stereocenters. The molecule has 0 amide bonds. The first-order valence-electron chi connectivity index (χ1n) is 7.78. The molecule has 0 aliphatic heterocycles. The highest BCUT2D eigenvalue weighted by Crippen LogP contribution is 2.58. The maximum Gasteiger partial charge on any atom is 0.00604 e. The number of allylic oxidation sites excluding steroid dienone is 4. The molecule has 20 heavy (non-hydrogen) atoms. The Balaban J connectivity index is 2.02. The molecule has 1 fully saturated rings. The van der Waals surface area contributed by atoms with Crippen LogP contribution < -0.4 is 0 Å². The molecule has 2 unspecified atom stereocenters. The Morgan fingerprint density at radius 3 is 2.30 bits per heavy atom. The van der Waals surface area contributed by atoms with E-state index in [1.807, 2.05) is 0 Å². The fraction of sp³-hybridized carbons (Fsp3) is 0.500. The summed E-state index contributed by atoms with van der Waals surface area (Å²) in [4.78, 5) is 0. The van der Waals surface area contributed by atoms with Crippen LogP contribution in [-0.2, 0) is 0 Å². The summed E-state index contributed by atoms with van der Waals surface area (Å²) in [7, 11) is 0. The predicted molar refractivity (Wildman–Crippen MR) is 86.7 cm³/mol. The van der Waals surface area contributed by atoms with E-state index in [4.69, 9.17) is 0 Å². The Morgan fingerprint density at radius 1 is 1.05 bits per heavy atom. The van der Waals surface area contributed by atoms with Gasteiger partial charge in [-0.2, -0.15) is 0 Å². The van der Waals surface area contributed by atoms with E-state index in [1.165, 1.54) is 17.6 Å². The molecule has 106 valence electrons. The van der Waals surface area contributed by atoms with Gasteiger partial charge in [-0.1, -0.05) is 82.7 Å². The van der Waals surface area contributed by atoms with Crippen molar-refractivity contribution in [2.75, 3.05) is 0 Å². The number of hydrogen-bond acceptors (Lipinski definition) is 0. The quantitative estimate of drug-likeness (QED) is 0.609. The van der Waals surface area contributed by atoms with E-state index in [9.17, 15) is 0 Å². The normalized spacial score (nSPS) is 28.1. The van der Waals surface area contributed by atoms with Crippen molar-refractivity contribution in [1.29, 1.82) is 0 Å². The largest absolute Gasteiger partial charge is 0.0729 e. The van der Waals surface area contributed by atoms with Gasteiger partial charge in [-0.05, 0) is 34.3 Å². The Bertz CT molecular complexity index is 564. The summed E-state index contributed by atoms with van der Waals surface area (Å²) in [6.45, 7) is 11.8. The van der Waals surface area contributed by atoms with Crippen molar-refractivity contribution < 1.29 is 0 Å². The van der Waals surface area contributed by atoms with Gasteiger partial charge in [0.05, 0.1) is 0 Å². The minimum Gasteiger partial charge on any atom is -0.0729 e. The minimum absolute atomic E-state index is 0.259. The number of fused-ring (bicyclic) bond motifs is 1. The molecule has 0 nitrogen and oxygen atoms in total. The van der Waals surface area contributed by atoms with Gasteiger partial charge in [0.15, 0.2) is 0 Å². The van der Waals surface area contributed by atoms with E-state index in [0.29, 0.717) is 17.3 Å². The van der Waals surface area contributed by atoms with E-state index in [0.717, 1.165) is 0 Å². The molecule has 0 heteroatoms. The van der Waals surface area contributed by atoms with Crippen LogP contribution >= 0.6 is 0 Å². The SMILES string of the molecule is CC(C)(C)C1=CC2C(=C1)C(C)(C)CC2c1ccccc1. The van der Waals surface area contributed by atoms with Gasteiger partial charge in [0.1, 0.15) is 0 Å². The molecule has 2 aliphatic carbocycles. The Labute approximate surface area is 123 Å². The minimum atomic E-state index is 0.259. The van der Waals surface area contributed by atoms with E-state index in [2.05, 4.69) is 77.1 Å². The van der Waals surface area contributed by atoms with Gasteiger partial charge < -0.3 is 0 Å². The molecule has 1 saturated carbocycles. The molecule has 2 aliphatic rings. The highest BCUT2D eigenvalue weighted by Gasteiger charge is 2.46. The number of hydrogen-bond donors (Lipinski definition) is 0. The first-order chi connectivity index (χ1) is 9.29. The molecule has 0 bridgehead atoms. The smallest absolute Gasteiger partial charge is 0.00604 e. The summed E-state index contributed by atoms with van der Waals surface area (Å²) in [6, 6.07) is 11.1. The number of rotatable bonds is 1. The average Bonchev–Trinajstić information content (AvgIpc) is 2.90. The first-order valence-corrected chi connectivity index (χ1v) is 7.78. The third-order valence-electron chi connectivity index (χ3n) is 5.07. The highest BCUT2D eigenvalue weighted by molar-refractivity contribution is 5.47. The summed E-state index contributed by atoms with van der Waals surface area (Å²) in [6.07, 6.45) is 6.30. The van der Waals surface area contributed by atoms with Gasteiger partial charge >= 0.3 is 0 Å². The summed E-state index contributed by atoms with van der Waals surface area (Å²) in [5, 5.41) is 0. The van der Waals surface area contributed by atoms with Gasteiger partial charge in [0, 0.05) is 5.92 Å². The molecular weight excluding hydrogens is 240 g/mol. The third-order valence-corrected chi connectivity index (χ3v) is 5.07. The highest BCUT2D eigenvalue weighted by atomic mass is 14.5. The Hall–Kier alpha value is -1.30. The molecule has 0 heterocycles. The first kappa shape index (κ1) is 13.7. The van der Waals surface area contributed by atoms with Crippen LogP contribution in [0.3, 0.4) is 0 Å². The molecule has 0 aromatic heterocycles. The molecule has 0 N–H and O–H groups in total. The van der Waals surface area contributed by atoms with Gasteiger partial charge in [-0.3, -0.25) is 0 Å². The van der Waals surface area contributed by atoms with Crippen molar-refractivity contribution in [1.82, 2.24) is 0 Å². The second-order valence-corrected chi connectivity index (χ2v) is 8.10. The monoisotopic (exact) mass is 266 g/mol. The zero-order valence-electron chi connectivity index (χ0n) is 13.4. The van der Waals surface area contributed by atoms with Crippen LogP contribution in [0.5, 0.6) is 0 Å². The summed E-state index contributed by atoms with van der Waals surface area (Å²) in [5.74, 6) is 1.26. The van der Waals surface area contributed by atoms with Gasteiger partial charge in [-0.15, -0.1) is 0 Å². The summed E-state index contributed by atoms with van der Waals surface area (Å²) >= 11 is 0. The lowest BCUT2D eigenvalue weighted by Gasteiger charge is -2.23. The predicted octanol–water partition coefficient (Wildman–Crippen LogP) is 5.73. The van der Waals surface area contributed by atoms with E-state index < -0.39 is 0 Å². The molecule has 0 spiro atoms. The van der Waals surface area contributed by atoms with Crippen molar-refractivity contribution in [2.45, 2.75) is 47.0 Å². The van der Waals surface area contributed by atoms with Crippen LogP contribution in [0, 0.1) is 16.7 Å². The maximum absolute atomic E-state index is 2.54. The zero-order valence-corrected chi connectivity index (χ0v) is 13.4. The lowest BCUT2D eigenvalue weighted by atomic mass is 9.82. The van der Waals surface area contributed by atoms with Crippen molar-refractivity contribution in [2.24, 2.45) is 16.7 Å². The average molecular weight is 266 g/mol.